The van der Waals surface area contributed by atoms with Gasteiger partial charge in [-0.25, -0.2) is 4.98 Å². The molecule has 138 valence electrons. The predicted octanol–water partition coefficient (Wildman–Crippen LogP) is 1.66. The Bertz CT molecular complexity index is 859. The molecule has 2 aliphatic heterocycles. The van der Waals surface area contributed by atoms with Crippen molar-refractivity contribution in [1.29, 1.82) is 0 Å². The van der Waals surface area contributed by atoms with Crippen molar-refractivity contribution in [2.24, 2.45) is 12.5 Å². The van der Waals surface area contributed by atoms with Crippen LogP contribution >= 0.6 is 11.3 Å². The Labute approximate surface area is 156 Å². The molecule has 0 aliphatic carbocycles. The van der Waals surface area contributed by atoms with Gasteiger partial charge < -0.3 is 9.80 Å². The molecule has 2 aromatic rings. The first kappa shape index (κ1) is 17.2. The first-order valence-corrected chi connectivity index (χ1v) is 9.75. The van der Waals surface area contributed by atoms with E-state index in [0.717, 1.165) is 30.1 Å². The van der Waals surface area contributed by atoms with E-state index in [2.05, 4.69) is 10.1 Å². The molecule has 0 radical (unpaired) electrons. The number of nitrogens with zero attached hydrogens (tertiary/aromatic N) is 5. The molecular weight excluding hydrogens is 350 g/mol. The van der Waals surface area contributed by atoms with E-state index in [1.165, 1.54) is 11.3 Å². The second-order valence-corrected chi connectivity index (χ2v) is 8.42. The summed E-state index contributed by atoms with van der Waals surface area (Å²) >= 11 is 1.47. The smallest absolute Gasteiger partial charge is 0.273 e. The lowest BCUT2D eigenvalue weighted by Crippen LogP contribution is -2.51. The van der Waals surface area contributed by atoms with Crippen LogP contribution in [0, 0.1) is 12.3 Å². The third kappa shape index (κ3) is 2.55. The van der Waals surface area contributed by atoms with Gasteiger partial charge in [0.2, 0.25) is 5.91 Å². The van der Waals surface area contributed by atoms with E-state index >= 15 is 0 Å². The fourth-order valence-corrected chi connectivity index (χ4v) is 5.07. The molecular formula is C18H23N5O2S. The fraction of sp³-hybridized carbons (Fsp3) is 0.556. The number of aryl methyl sites for hydroxylation is 2. The summed E-state index contributed by atoms with van der Waals surface area (Å²) in [6.07, 6.45) is 3.51. The summed E-state index contributed by atoms with van der Waals surface area (Å²) in [4.78, 5) is 34.2. The second-order valence-electron chi connectivity index (χ2n) is 7.36. The Morgan fingerprint density at radius 2 is 2.19 bits per heavy atom. The molecule has 4 rings (SSSR count). The topological polar surface area (TPSA) is 71.3 Å². The summed E-state index contributed by atoms with van der Waals surface area (Å²) in [7, 11) is 3.76. The molecule has 1 spiro atoms. The van der Waals surface area contributed by atoms with Gasteiger partial charge in [-0.15, -0.1) is 11.3 Å². The lowest BCUT2D eigenvalue weighted by molar-refractivity contribution is -0.144. The van der Waals surface area contributed by atoms with Gasteiger partial charge in [0.25, 0.3) is 5.91 Å². The van der Waals surface area contributed by atoms with E-state index in [0.29, 0.717) is 18.8 Å². The van der Waals surface area contributed by atoms with Crippen LogP contribution in [-0.2, 0) is 11.8 Å². The zero-order valence-electron chi connectivity index (χ0n) is 15.3. The average Bonchev–Trinajstić information content (AvgIpc) is 3.31. The normalized spacial score (nSPS) is 26.1. The van der Waals surface area contributed by atoms with Crippen LogP contribution in [0.3, 0.4) is 0 Å². The molecule has 2 fully saturated rings. The summed E-state index contributed by atoms with van der Waals surface area (Å²) in [6, 6.07) is 1.97. The predicted molar refractivity (Wildman–Crippen MR) is 98.0 cm³/mol. The summed E-state index contributed by atoms with van der Waals surface area (Å²) in [5.41, 5.74) is 0.921. The summed E-state index contributed by atoms with van der Waals surface area (Å²) in [6.45, 7) is 3.64. The molecule has 0 N–H and O–H groups in total. The minimum absolute atomic E-state index is 0.0473. The summed E-state index contributed by atoms with van der Waals surface area (Å²) in [5, 5.41) is 6.97. The number of carbonyl (C=O) groups excluding carboxylic acids is 2. The van der Waals surface area contributed by atoms with Gasteiger partial charge in [-0.3, -0.25) is 14.3 Å². The summed E-state index contributed by atoms with van der Waals surface area (Å²) < 4.78 is 1.83. The number of piperidine rings is 1. The SMILES string of the molecule is Cc1nc(C(=O)N2C[C@@H](c3ccnn3C)[C@@]3(CCCN(C)C3=O)C2)cs1. The fourth-order valence-electron chi connectivity index (χ4n) is 4.48. The van der Waals surface area contributed by atoms with Crippen molar-refractivity contribution >= 4 is 23.2 Å². The van der Waals surface area contributed by atoms with Gasteiger partial charge in [0.05, 0.1) is 10.4 Å². The number of hydrogen-bond acceptors (Lipinski definition) is 5. The van der Waals surface area contributed by atoms with Crippen LogP contribution < -0.4 is 0 Å². The van der Waals surface area contributed by atoms with Crippen molar-refractivity contribution in [1.82, 2.24) is 24.6 Å². The van der Waals surface area contributed by atoms with Crippen LogP contribution in [0.5, 0.6) is 0 Å². The molecule has 8 heteroatoms. The molecule has 0 unspecified atom stereocenters. The zero-order chi connectivity index (χ0) is 18.5. The quantitative estimate of drug-likeness (QED) is 0.803. The van der Waals surface area contributed by atoms with Crippen LogP contribution in [0.2, 0.25) is 0 Å². The molecule has 2 saturated heterocycles. The Kier molecular flexibility index (Phi) is 4.10. The van der Waals surface area contributed by atoms with Gasteiger partial charge in [-0.05, 0) is 25.8 Å². The monoisotopic (exact) mass is 373 g/mol. The molecule has 0 aromatic carbocycles. The Hall–Kier alpha value is -2.22. The van der Waals surface area contributed by atoms with E-state index in [9.17, 15) is 9.59 Å². The summed E-state index contributed by atoms with van der Waals surface area (Å²) in [5.74, 6) is 0.00746. The highest BCUT2D eigenvalue weighted by molar-refractivity contribution is 7.09. The molecule has 2 aliphatic rings. The number of hydrogen-bond donors (Lipinski definition) is 0. The maximum Gasteiger partial charge on any atom is 0.273 e. The van der Waals surface area contributed by atoms with Crippen LogP contribution in [0.1, 0.15) is 39.9 Å². The van der Waals surface area contributed by atoms with E-state index in [1.54, 1.807) is 11.6 Å². The lowest BCUT2D eigenvalue weighted by atomic mass is 9.70. The maximum absolute atomic E-state index is 13.2. The number of thiazole rings is 1. The number of likely N-dealkylation sites (tertiary alicyclic amines) is 2. The van der Waals surface area contributed by atoms with Crippen molar-refractivity contribution in [2.45, 2.75) is 25.7 Å². The van der Waals surface area contributed by atoms with Crippen LogP contribution in [-0.4, -0.2) is 63.1 Å². The van der Waals surface area contributed by atoms with Crippen molar-refractivity contribution in [2.75, 3.05) is 26.7 Å². The first-order valence-electron chi connectivity index (χ1n) is 8.87. The molecule has 2 atom stereocenters. The van der Waals surface area contributed by atoms with Crippen molar-refractivity contribution in [3.05, 3.63) is 34.0 Å². The van der Waals surface area contributed by atoms with Crippen LogP contribution in [0.15, 0.2) is 17.6 Å². The van der Waals surface area contributed by atoms with Crippen molar-refractivity contribution in [3.8, 4) is 0 Å². The van der Waals surface area contributed by atoms with Crippen molar-refractivity contribution in [3.63, 3.8) is 0 Å². The zero-order valence-corrected chi connectivity index (χ0v) is 16.1. The third-order valence-electron chi connectivity index (χ3n) is 5.77. The minimum atomic E-state index is -0.568. The van der Waals surface area contributed by atoms with Gasteiger partial charge in [0.1, 0.15) is 5.69 Å². The maximum atomic E-state index is 13.2. The Morgan fingerprint density at radius 3 is 2.85 bits per heavy atom. The molecule has 26 heavy (non-hydrogen) atoms. The van der Waals surface area contributed by atoms with E-state index in [1.807, 2.05) is 41.6 Å². The molecule has 4 heterocycles. The Morgan fingerprint density at radius 1 is 1.38 bits per heavy atom. The van der Waals surface area contributed by atoms with Gasteiger partial charge in [-0.1, -0.05) is 0 Å². The highest BCUT2D eigenvalue weighted by Crippen LogP contribution is 2.49. The van der Waals surface area contributed by atoms with E-state index in [4.69, 9.17) is 0 Å². The Balaban J connectivity index is 1.72. The molecule has 2 aromatic heterocycles. The minimum Gasteiger partial charge on any atom is -0.345 e. The number of carbonyl (C=O) groups is 2. The molecule has 0 bridgehead atoms. The first-order chi connectivity index (χ1) is 12.4. The largest absolute Gasteiger partial charge is 0.345 e. The van der Waals surface area contributed by atoms with Gasteiger partial charge in [-0.2, -0.15) is 5.10 Å². The van der Waals surface area contributed by atoms with Gasteiger partial charge in [0.15, 0.2) is 0 Å². The highest BCUT2D eigenvalue weighted by atomic mass is 32.1. The standard InChI is InChI=1S/C18H23N5O2S/c1-12-20-14(10-26-12)16(24)23-9-13(15-5-7-19-22(15)3)18(11-23)6-4-8-21(2)17(18)25/h5,7,10,13H,4,6,8-9,11H2,1-3H3/t13-,18+/m0/s1. The van der Waals surface area contributed by atoms with Gasteiger partial charge >= 0.3 is 0 Å². The van der Waals surface area contributed by atoms with E-state index < -0.39 is 5.41 Å². The van der Waals surface area contributed by atoms with Crippen molar-refractivity contribution < 1.29 is 9.59 Å². The van der Waals surface area contributed by atoms with Crippen LogP contribution in [0.4, 0.5) is 0 Å². The third-order valence-corrected chi connectivity index (χ3v) is 6.55. The molecule has 0 saturated carbocycles. The average molecular weight is 373 g/mol. The lowest BCUT2D eigenvalue weighted by Gasteiger charge is -2.40. The van der Waals surface area contributed by atoms with Gasteiger partial charge in [0, 0.05) is 56.9 Å². The van der Waals surface area contributed by atoms with E-state index in [-0.39, 0.29) is 17.7 Å². The molecule has 7 nitrogen and oxygen atoms in total. The number of aromatic nitrogens is 3. The second kappa shape index (κ2) is 6.19. The molecule has 2 amide bonds. The van der Waals surface area contributed by atoms with Crippen LogP contribution in [0.25, 0.3) is 0 Å². The highest BCUT2D eigenvalue weighted by Gasteiger charge is 2.56. The number of amides is 2. The number of rotatable bonds is 2.